The van der Waals surface area contributed by atoms with Gasteiger partial charge in [-0.15, -0.1) is 0 Å². The van der Waals surface area contributed by atoms with Gasteiger partial charge in [-0.05, 0) is 38.3 Å². The molecule has 0 saturated carbocycles. The zero-order chi connectivity index (χ0) is 24.8. The van der Waals surface area contributed by atoms with Crippen molar-refractivity contribution in [1.29, 1.82) is 5.26 Å². The van der Waals surface area contributed by atoms with Gasteiger partial charge in [-0.25, -0.2) is 0 Å². The van der Waals surface area contributed by atoms with Crippen LogP contribution in [0.15, 0.2) is 9.70 Å². The van der Waals surface area contributed by atoms with Gasteiger partial charge >= 0.3 is 5.97 Å². The molecule has 2 aliphatic heterocycles. The van der Waals surface area contributed by atoms with E-state index in [0.29, 0.717) is 84.8 Å². The van der Waals surface area contributed by atoms with Crippen LogP contribution in [0, 0.1) is 18.3 Å². The molecule has 9 nitrogen and oxygen atoms in total. The Balaban J connectivity index is 1.96. The van der Waals surface area contributed by atoms with Gasteiger partial charge < -0.3 is 14.7 Å². The van der Waals surface area contributed by atoms with E-state index in [1.54, 1.807) is 17.6 Å². The molecule has 1 amide bonds. The summed E-state index contributed by atoms with van der Waals surface area (Å²) in [5.41, 5.74) is 0.938. The minimum absolute atomic E-state index is 0.0685. The number of nitriles is 1. The van der Waals surface area contributed by atoms with E-state index in [-0.39, 0.29) is 23.5 Å². The molecule has 2 saturated heterocycles. The zero-order valence-electron chi connectivity index (χ0n) is 19.3. The number of ether oxygens (including phenoxy) is 1. The molecule has 182 valence electrons. The van der Waals surface area contributed by atoms with E-state index in [1.807, 2.05) is 13.0 Å². The first-order valence-corrected chi connectivity index (χ1v) is 12.5. The van der Waals surface area contributed by atoms with Crippen LogP contribution in [0.1, 0.15) is 49.3 Å². The van der Waals surface area contributed by atoms with Crippen molar-refractivity contribution >= 4 is 52.1 Å². The summed E-state index contributed by atoms with van der Waals surface area (Å²) in [5, 5.41) is 18.4. The molecule has 1 N–H and O–H groups in total. The standard InChI is InChI=1S/C23H28N4O5S2/c1-3-26-20(25-9-11-32-12-10-25)16(15(2)17(14-24)21(26)30)13-18-22(31)27(23(33)34-18)8-6-4-5-7-19(28)29/h13H,3-12H2,1-2H3,(H,28,29)/b18-13+. The number of nitrogens with zero attached hydrogens (tertiary/aromatic N) is 4. The van der Waals surface area contributed by atoms with Crippen LogP contribution in [0.3, 0.4) is 0 Å². The molecule has 2 aliphatic rings. The number of aliphatic carboxylic acids is 1. The normalized spacial score (nSPS) is 17.5. The van der Waals surface area contributed by atoms with Gasteiger partial charge in [0.2, 0.25) is 0 Å². The number of unbranched alkanes of at least 4 members (excludes halogenated alkanes) is 2. The molecule has 0 atom stereocenters. The van der Waals surface area contributed by atoms with Crippen molar-refractivity contribution < 1.29 is 19.4 Å². The van der Waals surface area contributed by atoms with Gasteiger partial charge in [0.05, 0.1) is 18.1 Å². The Morgan fingerprint density at radius 1 is 1.26 bits per heavy atom. The van der Waals surface area contributed by atoms with E-state index in [9.17, 15) is 19.6 Å². The lowest BCUT2D eigenvalue weighted by Gasteiger charge is -2.33. The Morgan fingerprint density at radius 2 is 1.97 bits per heavy atom. The van der Waals surface area contributed by atoms with E-state index in [4.69, 9.17) is 22.1 Å². The second-order valence-corrected chi connectivity index (χ2v) is 9.71. The molecule has 3 heterocycles. The second-order valence-electron chi connectivity index (χ2n) is 8.04. The summed E-state index contributed by atoms with van der Waals surface area (Å²) in [6, 6.07) is 2.03. The average Bonchev–Trinajstić information content (AvgIpc) is 3.08. The quantitative estimate of drug-likeness (QED) is 0.308. The Hall–Kier alpha value is -2.68. The van der Waals surface area contributed by atoms with E-state index in [0.717, 1.165) is 0 Å². The Kier molecular flexibility index (Phi) is 8.88. The van der Waals surface area contributed by atoms with E-state index < -0.39 is 5.97 Å². The van der Waals surface area contributed by atoms with Gasteiger partial charge in [-0.1, -0.05) is 30.4 Å². The molecule has 11 heteroatoms. The van der Waals surface area contributed by atoms with Gasteiger partial charge in [0.25, 0.3) is 11.5 Å². The number of thioether (sulfide) groups is 1. The second kappa shape index (κ2) is 11.6. The maximum atomic E-state index is 13.2. The van der Waals surface area contributed by atoms with E-state index in [2.05, 4.69) is 4.90 Å². The third-order valence-electron chi connectivity index (χ3n) is 5.89. The SMILES string of the molecule is CCn1c(N2CCOCC2)c(/C=C2/SC(=S)N(CCCCCC(=O)O)C2=O)c(C)c(C#N)c1=O. The number of hydrogen-bond acceptors (Lipinski definition) is 8. The molecule has 34 heavy (non-hydrogen) atoms. The van der Waals surface area contributed by atoms with Crippen molar-refractivity contribution in [1.82, 2.24) is 9.47 Å². The van der Waals surface area contributed by atoms with Crippen molar-refractivity contribution in [2.75, 3.05) is 37.7 Å². The lowest BCUT2D eigenvalue weighted by molar-refractivity contribution is -0.137. The highest BCUT2D eigenvalue weighted by molar-refractivity contribution is 8.26. The number of morpholine rings is 1. The molecule has 0 spiro atoms. The fourth-order valence-corrected chi connectivity index (χ4v) is 5.39. The number of pyridine rings is 1. The summed E-state index contributed by atoms with van der Waals surface area (Å²) < 4.78 is 7.51. The number of carboxylic acid groups (broad SMARTS) is 1. The molecule has 0 unspecified atom stereocenters. The monoisotopic (exact) mass is 504 g/mol. The number of anilines is 1. The fourth-order valence-electron chi connectivity index (χ4n) is 4.10. The van der Waals surface area contributed by atoms with Crippen LogP contribution in [-0.4, -0.2) is 63.6 Å². The van der Waals surface area contributed by atoms with Crippen LogP contribution < -0.4 is 10.5 Å². The maximum absolute atomic E-state index is 13.2. The molecular formula is C23H28N4O5S2. The van der Waals surface area contributed by atoms with Crippen LogP contribution in [0.25, 0.3) is 6.08 Å². The Morgan fingerprint density at radius 3 is 2.59 bits per heavy atom. The predicted octanol–water partition coefficient (Wildman–Crippen LogP) is 2.73. The highest BCUT2D eigenvalue weighted by Gasteiger charge is 2.33. The van der Waals surface area contributed by atoms with E-state index >= 15 is 0 Å². The fraction of sp³-hybridized carbons (Fsp3) is 0.522. The van der Waals surface area contributed by atoms with Crippen molar-refractivity contribution in [3.05, 3.63) is 31.9 Å². The number of rotatable bonds is 9. The molecule has 1 aromatic rings. The van der Waals surface area contributed by atoms with Crippen LogP contribution in [0.2, 0.25) is 0 Å². The summed E-state index contributed by atoms with van der Waals surface area (Å²) in [6.07, 6.45) is 3.75. The van der Waals surface area contributed by atoms with Gasteiger partial charge in [0.1, 0.15) is 21.8 Å². The first kappa shape index (κ1) is 25.9. The van der Waals surface area contributed by atoms with Crippen LogP contribution in [0.5, 0.6) is 0 Å². The number of amides is 1. The molecule has 0 aliphatic carbocycles. The molecule has 0 bridgehead atoms. The molecule has 0 radical (unpaired) electrons. The van der Waals surface area contributed by atoms with Gasteiger partial charge in [-0.3, -0.25) is 23.9 Å². The average molecular weight is 505 g/mol. The van der Waals surface area contributed by atoms with Crippen LogP contribution in [0.4, 0.5) is 5.82 Å². The Labute approximate surface area is 208 Å². The number of carbonyl (C=O) groups excluding carboxylic acids is 1. The maximum Gasteiger partial charge on any atom is 0.303 e. The first-order valence-electron chi connectivity index (χ1n) is 11.3. The van der Waals surface area contributed by atoms with Crippen LogP contribution >= 0.6 is 24.0 Å². The minimum Gasteiger partial charge on any atom is -0.481 e. The van der Waals surface area contributed by atoms with Gasteiger partial charge in [0, 0.05) is 38.2 Å². The largest absolute Gasteiger partial charge is 0.481 e. The van der Waals surface area contributed by atoms with Gasteiger partial charge in [-0.2, -0.15) is 5.26 Å². The third kappa shape index (κ3) is 5.51. The van der Waals surface area contributed by atoms with E-state index in [1.165, 1.54) is 16.7 Å². The molecular weight excluding hydrogens is 476 g/mol. The number of aromatic nitrogens is 1. The summed E-state index contributed by atoms with van der Waals surface area (Å²) in [4.78, 5) is 40.9. The molecule has 0 aromatic carbocycles. The zero-order valence-corrected chi connectivity index (χ0v) is 21.0. The first-order chi connectivity index (χ1) is 16.3. The summed E-state index contributed by atoms with van der Waals surface area (Å²) >= 11 is 6.64. The third-order valence-corrected chi connectivity index (χ3v) is 7.27. The lowest BCUT2D eigenvalue weighted by Crippen LogP contribution is -2.41. The number of carbonyl (C=O) groups is 2. The number of carboxylic acids is 1. The molecule has 3 rings (SSSR count). The smallest absolute Gasteiger partial charge is 0.303 e. The predicted molar refractivity (Wildman–Crippen MR) is 135 cm³/mol. The lowest BCUT2D eigenvalue weighted by atomic mass is 10.0. The van der Waals surface area contributed by atoms with Gasteiger partial charge in [0.15, 0.2) is 0 Å². The summed E-state index contributed by atoms with van der Waals surface area (Å²) in [5.74, 6) is -0.357. The number of thiocarbonyl (C=S) groups is 1. The number of hydrogen-bond donors (Lipinski definition) is 1. The summed E-state index contributed by atoms with van der Waals surface area (Å²) in [6.45, 7) is 6.66. The van der Waals surface area contributed by atoms with Crippen molar-refractivity contribution in [3.8, 4) is 6.07 Å². The Bertz CT molecular complexity index is 1120. The minimum atomic E-state index is -0.829. The summed E-state index contributed by atoms with van der Waals surface area (Å²) in [7, 11) is 0. The van der Waals surface area contributed by atoms with Crippen molar-refractivity contribution in [2.45, 2.75) is 46.1 Å². The highest BCUT2D eigenvalue weighted by Crippen LogP contribution is 2.36. The van der Waals surface area contributed by atoms with Crippen LogP contribution in [-0.2, 0) is 20.9 Å². The molecule has 1 aromatic heterocycles. The molecule has 2 fully saturated rings. The highest BCUT2D eigenvalue weighted by atomic mass is 32.2. The van der Waals surface area contributed by atoms with Crippen molar-refractivity contribution in [2.24, 2.45) is 0 Å². The van der Waals surface area contributed by atoms with Crippen molar-refractivity contribution in [3.63, 3.8) is 0 Å². The topological polar surface area (TPSA) is 116 Å².